The summed E-state index contributed by atoms with van der Waals surface area (Å²) in [5.74, 6) is -0.481. The highest BCUT2D eigenvalue weighted by Crippen LogP contribution is 2.14. The molecule has 124 valence electrons. The van der Waals surface area contributed by atoms with E-state index in [1.807, 2.05) is 20.8 Å². The molecule has 0 bridgehead atoms. The molecule has 0 aliphatic carbocycles. The fourth-order valence-corrected chi connectivity index (χ4v) is 2.11. The van der Waals surface area contributed by atoms with E-state index in [4.69, 9.17) is 4.74 Å². The van der Waals surface area contributed by atoms with Crippen molar-refractivity contribution in [3.8, 4) is 0 Å². The van der Waals surface area contributed by atoms with Gasteiger partial charge in [-0.1, -0.05) is 6.07 Å². The van der Waals surface area contributed by atoms with Crippen molar-refractivity contribution in [3.63, 3.8) is 0 Å². The second kappa shape index (κ2) is 6.78. The van der Waals surface area contributed by atoms with E-state index in [0.29, 0.717) is 18.7 Å². The number of nitrogens with one attached hydrogen (secondary N) is 2. The quantitative estimate of drug-likeness (QED) is 0.812. The van der Waals surface area contributed by atoms with Crippen LogP contribution < -0.4 is 10.6 Å². The van der Waals surface area contributed by atoms with Crippen LogP contribution in [0.15, 0.2) is 24.4 Å². The third-order valence-corrected chi connectivity index (χ3v) is 3.05. The molecule has 2 heterocycles. The molecule has 0 saturated carbocycles. The van der Waals surface area contributed by atoms with E-state index >= 15 is 0 Å². The normalized spacial score (nSPS) is 11.5. The number of rotatable bonds is 5. The molecular weight excluding hydrogens is 296 g/mol. The van der Waals surface area contributed by atoms with Gasteiger partial charge in [-0.3, -0.25) is 14.0 Å². The lowest BCUT2D eigenvalue weighted by Crippen LogP contribution is -2.40. The summed E-state index contributed by atoms with van der Waals surface area (Å²) >= 11 is 0. The minimum Gasteiger partial charge on any atom is -0.383 e. The van der Waals surface area contributed by atoms with Gasteiger partial charge < -0.3 is 15.4 Å². The van der Waals surface area contributed by atoms with Crippen molar-refractivity contribution >= 4 is 17.3 Å². The molecule has 2 N–H and O–H groups in total. The van der Waals surface area contributed by atoms with Gasteiger partial charge in [-0.15, -0.1) is 0 Å². The van der Waals surface area contributed by atoms with Gasteiger partial charge in [0.15, 0.2) is 5.69 Å². The average Bonchev–Trinajstić information content (AvgIpc) is 2.85. The van der Waals surface area contributed by atoms with Gasteiger partial charge >= 0.3 is 0 Å². The molecule has 7 heteroatoms. The number of carbonyl (C=O) groups excluding carboxylic acids is 2. The molecule has 0 aliphatic heterocycles. The highest BCUT2D eigenvalue weighted by Gasteiger charge is 2.23. The molecular formula is C16H22N4O3. The van der Waals surface area contributed by atoms with Crippen LogP contribution >= 0.6 is 0 Å². The van der Waals surface area contributed by atoms with Crippen molar-refractivity contribution < 1.29 is 14.3 Å². The number of amides is 2. The lowest BCUT2D eigenvalue weighted by Gasteiger charge is -2.19. The number of hydrogen-bond acceptors (Lipinski definition) is 4. The maximum Gasteiger partial charge on any atom is 0.287 e. The molecule has 0 radical (unpaired) electrons. The van der Waals surface area contributed by atoms with Crippen LogP contribution in [0.1, 0.15) is 41.9 Å². The molecule has 0 fully saturated rings. The van der Waals surface area contributed by atoms with Gasteiger partial charge in [0, 0.05) is 25.4 Å². The van der Waals surface area contributed by atoms with E-state index in [1.165, 1.54) is 0 Å². The SMILES string of the molecule is COCCNC(=O)c1nc(C(=O)NC(C)(C)C)c2ccccn12. The van der Waals surface area contributed by atoms with Crippen molar-refractivity contribution in [1.29, 1.82) is 0 Å². The molecule has 0 saturated heterocycles. The fraction of sp³-hybridized carbons (Fsp3) is 0.438. The van der Waals surface area contributed by atoms with Crippen molar-refractivity contribution in [3.05, 3.63) is 35.9 Å². The topological polar surface area (TPSA) is 84.7 Å². The maximum atomic E-state index is 12.4. The molecule has 2 rings (SSSR count). The molecule has 0 aliphatic rings. The van der Waals surface area contributed by atoms with E-state index < -0.39 is 0 Å². The smallest absolute Gasteiger partial charge is 0.287 e. The van der Waals surface area contributed by atoms with E-state index in [2.05, 4.69) is 15.6 Å². The second-order valence-corrected chi connectivity index (χ2v) is 6.19. The van der Waals surface area contributed by atoms with Crippen LogP contribution in [-0.4, -0.2) is 47.0 Å². The van der Waals surface area contributed by atoms with E-state index in [0.717, 1.165) is 0 Å². The summed E-state index contributed by atoms with van der Waals surface area (Å²) in [6, 6.07) is 5.35. The summed E-state index contributed by atoms with van der Waals surface area (Å²) in [5.41, 5.74) is 0.437. The highest BCUT2D eigenvalue weighted by atomic mass is 16.5. The van der Waals surface area contributed by atoms with Gasteiger partial charge in [0.25, 0.3) is 11.8 Å². The predicted octanol–water partition coefficient (Wildman–Crippen LogP) is 1.24. The molecule has 0 aromatic carbocycles. The van der Waals surface area contributed by atoms with Gasteiger partial charge in [0.1, 0.15) is 0 Å². The summed E-state index contributed by atoms with van der Waals surface area (Å²) in [6.07, 6.45) is 1.71. The Kier molecular flexibility index (Phi) is 5.00. The summed E-state index contributed by atoms with van der Waals surface area (Å²) in [4.78, 5) is 29.0. The van der Waals surface area contributed by atoms with Crippen LogP contribution in [0.5, 0.6) is 0 Å². The predicted molar refractivity (Wildman–Crippen MR) is 86.6 cm³/mol. The zero-order valence-electron chi connectivity index (χ0n) is 13.8. The minimum atomic E-state index is -0.386. The first-order chi connectivity index (χ1) is 10.8. The van der Waals surface area contributed by atoms with Crippen LogP contribution in [0.3, 0.4) is 0 Å². The van der Waals surface area contributed by atoms with Gasteiger partial charge in [-0.25, -0.2) is 4.98 Å². The van der Waals surface area contributed by atoms with Gasteiger partial charge in [0.2, 0.25) is 5.82 Å². The highest BCUT2D eigenvalue weighted by molar-refractivity contribution is 6.02. The standard InChI is InChI=1S/C16H22N4O3/c1-16(2,3)19-14(21)12-11-7-5-6-9-20(11)13(18-12)15(22)17-8-10-23-4/h5-7,9H,8,10H2,1-4H3,(H,17,22)(H,19,21). The first-order valence-corrected chi connectivity index (χ1v) is 7.40. The van der Waals surface area contributed by atoms with Crippen molar-refractivity contribution in [2.45, 2.75) is 26.3 Å². The zero-order chi connectivity index (χ0) is 17.0. The van der Waals surface area contributed by atoms with Gasteiger partial charge in [0.05, 0.1) is 12.1 Å². The molecule has 2 aromatic heterocycles. The summed E-state index contributed by atoms with van der Waals surface area (Å²) in [5, 5.41) is 5.58. The van der Waals surface area contributed by atoms with Crippen molar-refractivity contribution in [1.82, 2.24) is 20.0 Å². The Morgan fingerprint density at radius 2 is 2.00 bits per heavy atom. The molecule has 2 aromatic rings. The van der Waals surface area contributed by atoms with Crippen LogP contribution in [0, 0.1) is 0 Å². The summed E-state index contributed by atoms with van der Waals surface area (Å²) < 4.78 is 6.52. The number of hydrogen-bond donors (Lipinski definition) is 2. The van der Waals surface area contributed by atoms with Crippen LogP contribution in [0.2, 0.25) is 0 Å². The lowest BCUT2D eigenvalue weighted by atomic mass is 10.1. The number of aromatic nitrogens is 2. The number of carbonyl (C=O) groups is 2. The zero-order valence-corrected chi connectivity index (χ0v) is 13.8. The van der Waals surface area contributed by atoms with Gasteiger partial charge in [-0.05, 0) is 32.9 Å². The van der Waals surface area contributed by atoms with E-state index in [-0.39, 0.29) is 28.9 Å². The molecule has 0 spiro atoms. The number of imidazole rings is 1. The first-order valence-electron chi connectivity index (χ1n) is 7.40. The van der Waals surface area contributed by atoms with Crippen LogP contribution in [0.4, 0.5) is 0 Å². The largest absolute Gasteiger partial charge is 0.383 e. The Bertz CT molecular complexity index is 716. The summed E-state index contributed by atoms with van der Waals surface area (Å²) in [7, 11) is 1.56. The molecule has 0 atom stereocenters. The van der Waals surface area contributed by atoms with Crippen LogP contribution in [0.25, 0.3) is 5.52 Å². The Labute approximate surface area is 135 Å². The van der Waals surface area contributed by atoms with Crippen molar-refractivity contribution in [2.24, 2.45) is 0 Å². The maximum absolute atomic E-state index is 12.4. The fourth-order valence-electron chi connectivity index (χ4n) is 2.11. The Morgan fingerprint density at radius 1 is 1.26 bits per heavy atom. The van der Waals surface area contributed by atoms with E-state index in [1.54, 1.807) is 35.9 Å². The lowest BCUT2D eigenvalue weighted by molar-refractivity contribution is 0.0916. The average molecular weight is 318 g/mol. The molecule has 7 nitrogen and oxygen atoms in total. The number of methoxy groups -OCH3 is 1. The number of nitrogens with zero attached hydrogens (tertiary/aromatic N) is 2. The number of fused-ring (bicyclic) bond motifs is 1. The monoisotopic (exact) mass is 318 g/mol. The first kappa shape index (κ1) is 17.0. The molecule has 23 heavy (non-hydrogen) atoms. The third kappa shape index (κ3) is 4.07. The number of ether oxygens (including phenoxy) is 1. The Morgan fingerprint density at radius 3 is 2.65 bits per heavy atom. The van der Waals surface area contributed by atoms with Gasteiger partial charge in [-0.2, -0.15) is 0 Å². The molecule has 0 unspecified atom stereocenters. The molecule has 2 amide bonds. The van der Waals surface area contributed by atoms with E-state index in [9.17, 15) is 9.59 Å². The Hall–Kier alpha value is -2.41. The minimum absolute atomic E-state index is 0.177. The summed E-state index contributed by atoms with van der Waals surface area (Å²) in [6.45, 7) is 6.46. The second-order valence-electron chi connectivity index (χ2n) is 6.19. The van der Waals surface area contributed by atoms with Crippen molar-refractivity contribution in [2.75, 3.05) is 20.3 Å². The number of pyridine rings is 1. The van der Waals surface area contributed by atoms with Crippen LogP contribution in [-0.2, 0) is 4.74 Å². The Balaban J connectivity index is 2.36. The third-order valence-electron chi connectivity index (χ3n) is 3.05.